The molecular weight excluding hydrogens is 498 g/mol. The Morgan fingerprint density at radius 2 is 1.82 bits per heavy atom. The van der Waals surface area contributed by atoms with Crippen molar-refractivity contribution in [2.45, 2.75) is 47.5 Å². The van der Waals surface area contributed by atoms with Crippen LogP contribution in [0.5, 0.6) is 11.5 Å². The highest BCUT2D eigenvalue weighted by molar-refractivity contribution is 6.30. The van der Waals surface area contributed by atoms with Crippen LogP contribution in [0.25, 0.3) is 22.3 Å². The fourth-order valence-electron chi connectivity index (χ4n) is 4.14. The van der Waals surface area contributed by atoms with Crippen molar-refractivity contribution in [1.29, 1.82) is 0 Å². The van der Waals surface area contributed by atoms with Crippen molar-refractivity contribution in [2.24, 2.45) is 10.5 Å². The second kappa shape index (κ2) is 11.0. The van der Waals surface area contributed by atoms with Crippen LogP contribution in [0, 0.1) is 12.3 Å². The maximum atomic E-state index is 13.7. The van der Waals surface area contributed by atoms with E-state index < -0.39 is 0 Å². The first-order valence-corrected chi connectivity index (χ1v) is 13.0. The molecule has 0 N–H and O–H groups in total. The molecule has 3 aromatic carbocycles. The number of halogens is 1. The Morgan fingerprint density at radius 1 is 1.08 bits per heavy atom. The molecule has 0 fully saturated rings. The number of benzene rings is 3. The number of rotatable bonds is 7. The minimum atomic E-state index is -0.262. The molecule has 0 radical (unpaired) electrons. The number of ether oxygens (including phenoxy) is 2. The molecule has 4 rings (SSSR count). The topological polar surface area (TPSA) is 65.7 Å². The number of para-hydroxylation sites is 1. The third-order valence-corrected chi connectivity index (χ3v) is 6.37. The van der Waals surface area contributed by atoms with Crippen molar-refractivity contribution in [3.8, 4) is 22.9 Å². The Morgan fingerprint density at radius 3 is 2.50 bits per heavy atom. The van der Waals surface area contributed by atoms with E-state index in [0.29, 0.717) is 39.7 Å². The highest BCUT2D eigenvalue weighted by Crippen LogP contribution is 2.34. The van der Waals surface area contributed by atoms with Crippen LogP contribution in [-0.2, 0) is 0 Å². The third kappa shape index (κ3) is 5.91. The van der Waals surface area contributed by atoms with Crippen molar-refractivity contribution in [3.05, 3.63) is 86.7 Å². The molecule has 7 heteroatoms. The summed E-state index contributed by atoms with van der Waals surface area (Å²) >= 11 is 6.31. The van der Waals surface area contributed by atoms with Gasteiger partial charge in [0.15, 0.2) is 5.82 Å². The Bertz CT molecular complexity index is 1570. The van der Waals surface area contributed by atoms with E-state index in [1.165, 1.54) is 4.68 Å². The number of methoxy groups -OCH3 is 1. The van der Waals surface area contributed by atoms with Gasteiger partial charge in [-0.2, -0.15) is 9.78 Å². The van der Waals surface area contributed by atoms with Gasteiger partial charge in [0.2, 0.25) is 0 Å². The van der Waals surface area contributed by atoms with E-state index in [0.717, 1.165) is 22.4 Å². The molecule has 0 saturated carbocycles. The van der Waals surface area contributed by atoms with Crippen LogP contribution >= 0.6 is 11.6 Å². The molecule has 4 aromatic rings. The van der Waals surface area contributed by atoms with E-state index in [1.807, 2.05) is 43.3 Å². The quantitative estimate of drug-likeness (QED) is 0.232. The molecule has 6 nitrogen and oxygen atoms in total. The summed E-state index contributed by atoms with van der Waals surface area (Å²) in [4.78, 5) is 18.6. The van der Waals surface area contributed by atoms with Gasteiger partial charge < -0.3 is 9.47 Å². The monoisotopic (exact) mass is 531 g/mol. The van der Waals surface area contributed by atoms with Crippen LogP contribution in [0.4, 0.5) is 0 Å². The average Bonchev–Trinajstić information content (AvgIpc) is 2.86. The van der Waals surface area contributed by atoms with E-state index in [9.17, 15) is 4.79 Å². The zero-order chi connectivity index (χ0) is 27.6. The van der Waals surface area contributed by atoms with E-state index in [1.54, 1.807) is 31.5 Å². The molecule has 0 aliphatic carbocycles. The smallest absolute Gasteiger partial charge is 0.282 e. The van der Waals surface area contributed by atoms with Crippen molar-refractivity contribution in [3.63, 3.8) is 0 Å². The lowest BCUT2D eigenvalue weighted by Gasteiger charge is -2.20. The van der Waals surface area contributed by atoms with Gasteiger partial charge in [0.1, 0.15) is 11.5 Å². The Hall–Kier alpha value is -3.64. The maximum Gasteiger partial charge on any atom is 0.282 e. The first kappa shape index (κ1) is 27.4. The van der Waals surface area contributed by atoms with E-state index in [-0.39, 0.29) is 16.9 Å². The molecule has 0 saturated heterocycles. The first-order chi connectivity index (χ1) is 18.0. The molecule has 1 heterocycles. The lowest BCUT2D eigenvalue weighted by molar-refractivity contribution is 0.197. The zero-order valence-electron chi connectivity index (χ0n) is 23.0. The van der Waals surface area contributed by atoms with Gasteiger partial charge in [-0.15, -0.1) is 0 Å². The maximum absolute atomic E-state index is 13.7. The van der Waals surface area contributed by atoms with Crippen LogP contribution < -0.4 is 15.0 Å². The number of aromatic nitrogens is 2. The summed E-state index contributed by atoms with van der Waals surface area (Å²) < 4.78 is 13.1. The molecule has 1 aromatic heterocycles. The Balaban J connectivity index is 1.93. The van der Waals surface area contributed by atoms with Crippen LogP contribution in [0.3, 0.4) is 0 Å². The summed E-state index contributed by atoms with van der Waals surface area (Å²) in [5.41, 5.74) is 3.75. The average molecular weight is 532 g/mol. The van der Waals surface area contributed by atoms with Gasteiger partial charge in [-0.3, -0.25) is 4.79 Å². The minimum Gasteiger partial charge on any atom is -0.496 e. The summed E-state index contributed by atoms with van der Waals surface area (Å²) in [5, 5.41) is 5.69. The van der Waals surface area contributed by atoms with E-state index >= 15 is 0 Å². The molecular formula is C31H34ClN3O3. The van der Waals surface area contributed by atoms with Gasteiger partial charge in [0.05, 0.1) is 30.8 Å². The summed E-state index contributed by atoms with van der Waals surface area (Å²) in [5.74, 6) is 2.10. The fraction of sp³-hybridized carbons (Fsp3) is 0.323. The molecule has 38 heavy (non-hydrogen) atoms. The molecule has 0 atom stereocenters. The number of hydrogen-bond donors (Lipinski definition) is 0. The van der Waals surface area contributed by atoms with Crippen molar-refractivity contribution < 1.29 is 9.47 Å². The predicted octanol–water partition coefficient (Wildman–Crippen LogP) is 7.46. The summed E-state index contributed by atoms with van der Waals surface area (Å²) in [6, 6.07) is 16.7. The predicted molar refractivity (Wildman–Crippen MR) is 156 cm³/mol. The molecule has 0 amide bonds. The lowest BCUT2D eigenvalue weighted by atomic mass is 9.96. The summed E-state index contributed by atoms with van der Waals surface area (Å²) in [6.45, 7) is 13.0. The molecule has 0 spiro atoms. The molecule has 0 unspecified atom stereocenters. The van der Waals surface area contributed by atoms with Crippen LogP contribution in [0.2, 0.25) is 5.02 Å². The van der Waals surface area contributed by atoms with Gasteiger partial charge in [-0.05, 0) is 71.8 Å². The van der Waals surface area contributed by atoms with E-state index in [4.69, 9.17) is 26.1 Å². The van der Waals surface area contributed by atoms with Gasteiger partial charge >= 0.3 is 0 Å². The van der Waals surface area contributed by atoms with Gasteiger partial charge in [-0.1, -0.05) is 58.4 Å². The van der Waals surface area contributed by atoms with Gasteiger partial charge in [-0.25, -0.2) is 4.98 Å². The molecule has 198 valence electrons. The second-order valence-electron chi connectivity index (χ2n) is 10.9. The molecule has 0 aliphatic rings. The molecule has 0 bridgehead atoms. The Kier molecular flexibility index (Phi) is 7.93. The third-order valence-electron chi connectivity index (χ3n) is 6.14. The highest BCUT2D eigenvalue weighted by atomic mass is 35.5. The van der Waals surface area contributed by atoms with Gasteiger partial charge in [0, 0.05) is 16.1 Å². The van der Waals surface area contributed by atoms with Crippen molar-refractivity contribution in [2.75, 3.05) is 13.7 Å². The van der Waals surface area contributed by atoms with Gasteiger partial charge in [0.25, 0.3) is 5.56 Å². The number of fused-ring (bicyclic) bond motifs is 1. The SMILES string of the molecule is COc1cc(C)c(-c2nc3ccccc3c(=O)n2N=Cc2cc(Cl)ccc2OCC(C)(C)C)cc1C(C)C. The van der Waals surface area contributed by atoms with Crippen molar-refractivity contribution >= 4 is 28.7 Å². The first-order valence-electron chi connectivity index (χ1n) is 12.7. The minimum absolute atomic E-state index is 0.0273. The number of aryl methyl sites for hydroxylation is 1. The van der Waals surface area contributed by atoms with Crippen molar-refractivity contribution in [1.82, 2.24) is 9.66 Å². The van der Waals surface area contributed by atoms with Crippen LogP contribution in [0.1, 0.15) is 57.2 Å². The number of hydrogen-bond acceptors (Lipinski definition) is 5. The molecule has 0 aliphatic heterocycles. The standard InChI is InChI=1S/C31H34ClN3O3/c1-19(2)24-16-25(20(3)14-28(24)37-7)29-34-26-11-9-8-10-23(26)30(36)35(29)33-17-21-15-22(32)12-13-27(21)38-18-31(4,5)6/h8-17,19H,18H2,1-7H3. The lowest BCUT2D eigenvalue weighted by Crippen LogP contribution is -2.21. The van der Waals surface area contributed by atoms with E-state index in [2.05, 4.69) is 39.7 Å². The highest BCUT2D eigenvalue weighted by Gasteiger charge is 2.19. The Labute approximate surface area is 228 Å². The summed E-state index contributed by atoms with van der Waals surface area (Å²) in [7, 11) is 1.67. The normalized spacial score (nSPS) is 12.0. The van der Waals surface area contributed by atoms with Crippen LogP contribution in [0.15, 0.2) is 64.5 Å². The second-order valence-corrected chi connectivity index (χ2v) is 11.3. The zero-order valence-corrected chi connectivity index (χ0v) is 23.8. The summed E-state index contributed by atoms with van der Waals surface area (Å²) in [6.07, 6.45) is 1.60. The van der Waals surface area contributed by atoms with Crippen LogP contribution in [-0.4, -0.2) is 29.6 Å². The fourth-order valence-corrected chi connectivity index (χ4v) is 4.32. The largest absolute Gasteiger partial charge is 0.496 e. The number of nitrogens with zero attached hydrogens (tertiary/aromatic N) is 3.